The smallest absolute Gasteiger partial charge is 0.252 e. The maximum Gasteiger partial charge on any atom is 0.252 e. The van der Waals surface area contributed by atoms with Crippen molar-refractivity contribution in [3.8, 4) is 5.88 Å². The Labute approximate surface area is 147 Å². The second kappa shape index (κ2) is 8.80. The minimum absolute atomic E-state index is 0.123. The number of hydrogen-bond donors (Lipinski definition) is 1. The first-order valence-corrected chi connectivity index (χ1v) is 8.85. The van der Waals surface area contributed by atoms with E-state index in [1.54, 1.807) is 23.5 Å². The summed E-state index contributed by atoms with van der Waals surface area (Å²) in [5.74, 6) is 0.365. The molecule has 130 valence electrons. The van der Waals surface area contributed by atoms with E-state index >= 15 is 0 Å². The van der Waals surface area contributed by atoms with Crippen LogP contribution in [0.15, 0.2) is 35.8 Å². The SMILES string of the molecule is CC(C)(C)OCCOc1ccc(C(=O)NCCc2cccs2)cn1. The molecule has 0 spiro atoms. The first-order chi connectivity index (χ1) is 11.4. The third-order valence-electron chi connectivity index (χ3n) is 3.10. The van der Waals surface area contributed by atoms with Gasteiger partial charge in [0.15, 0.2) is 0 Å². The molecule has 1 amide bonds. The lowest BCUT2D eigenvalue weighted by molar-refractivity contribution is -0.0168. The van der Waals surface area contributed by atoms with E-state index in [1.807, 2.05) is 32.2 Å². The van der Waals surface area contributed by atoms with Crippen molar-refractivity contribution in [2.24, 2.45) is 0 Å². The van der Waals surface area contributed by atoms with E-state index in [2.05, 4.69) is 16.4 Å². The van der Waals surface area contributed by atoms with Crippen molar-refractivity contribution in [2.75, 3.05) is 19.8 Å². The molecule has 0 aliphatic heterocycles. The van der Waals surface area contributed by atoms with Gasteiger partial charge in [-0.2, -0.15) is 0 Å². The fourth-order valence-electron chi connectivity index (χ4n) is 1.95. The number of amides is 1. The van der Waals surface area contributed by atoms with Gasteiger partial charge in [0.25, 0.3) is 5.91 Å². The molecule has 2 aromatic rings. The molecule has 2 heterocycles. The lowest BCUT2D eigenvalue weighted by atomic mass is 10.2. The highest BCUT2D eigenvalue weighted by molar-refractivity contribution is 7.09. The lowest BCUT2D eigenvalue weighted by Gasteiger charge is -2.19. The molecular weight excluding hydrogens is 324 g/mol. The van der Waals surface area contributed by atoms with Crippen molar-refractivity contribution in [3.63, 3.8) is 0 Å². The number of aromatic nitrogens is 1. The van der Waals surface area contributed by atoms with Crippen LogP contribution in [0.4, 0.5) is 0 Å². The number of nitrogens with one attached hydrogen (secondary N) is 1. The van der Waals surface area contributed by atoms with Crippen LogP contribution in [-0.4, -0.2) is 36.3 Å². The summed E-state index contributed by atoms with van der Waals surface area (Å²) in [4.78, 5) is 17.5. The Balaban J connectivity index is 1.71. The van der Waals surface area contributed by atoms with Gasteiger partial charge < -0.3 is 14.8 Å². The average Bonchev–Trinajstić information content (AvgIpc) is 3.04. The number of hydrogen-bond acceptors (Lipinski definition) is 5. The van der Waals surface area contributed by atoms with Gasteiger partial charge in [-0.3, -0.25) is 4.79 Å². The highest BCUT2D eigenvalue weighted by atomic mass is 32.1. The normalized spacial score (nSPS) is 11.3. The van der Waals surface area contributed by atoms with E-state index in [1.165, 1.54) is 11.1 Å². The number of thiophene rings is 1. The second-order valence-electron chi connectivity index (χ2n) is 6.28. The van der Waals surface area contributed by atoms with Crippen LogP contribution >= 0.6 is 11.3 Å². The summed E-state index contributed by atoms with van der Waals surface area (Å²) in [7, 11) is 0. The monoisotopic (exact) mass is 348 g/mol. The maximum absolute atomic E-state index is 12.0. The number of carbonyl (C=O) groups is 1. The van der Waals surface area contributed by atoms with Crippen molar-refractivity contribution < 1.29 is 14.3 Å². The van der Waals surface area contributed by atoms with Gasteiger partial charge >= 0.3 is 0 Å². The summed E-state index contributed by atoms with van der Waals surface area (Å²) < 4.78 is 11.1. The number of pyridine rings is 1. The Morgan fingerprint density at radius 2 is 2.08 bits per heavy atom. The number of carbonyl (C=O) groups excluding carboxylic acids is 1. The highest BCUT2D eigenvalue weighted by Gasteiger charge is 2.10. The molecule has 0 aliphatic rings. The maximum atomic E-state index is 12.0. The van der Waals surface area contributed by atoms with Crippen LogP contribution in [0.3, 0.4) is 0 Å². The fraction of sp³-hybridized carbons (Fsp3) is 0.444. The highest BCUT2D eigenvalue weighted by Crippen LogP contribution is 2.10. The Bertz CT molecular complexity index is 619. The number of ether oxygens (including phenoxy) is 2. The van der Waals surface area contributed by atoms with E-state index in [4.69, 9.17) is 9.47 Å². The molecule has 0 radical (unpaired) electrons. The molecule has 1 N–H and O–H groups in total. The standard InChI is InChI=1S/C18H24N2O3S/c1-18(2,3)23-11-10-22-16-7-6-14(13-20-16)17(21)19-9-8-15-5-4-12-24-15/h4-7,12-13H,8-11H2,1-3H3,(H,19,21). The molecule has 0 atom stereocenters. The Kier molecular flexibility index (Phi) is 6.75. The van der Waals surface area contributed by atoms with E-state index in [0.29, 0.717) is 31.2 Å². The van der Waals surface area contributed by atoms with Gasteiger partial charge in [0.1, 0.15) is 6.61 Å². The van der Waals surface area contributed by atoms with Gasteiger partial charge in [0, 0.05) is 23.7 Å². The molecule has 0 aliphatic carbocycles. The van der Waals surface area contributed by atoms with E-state index < -0.39 is 0 Å². The van der Waals surface area contributed by atoms with Gasteiger partial charge in [-0.25, -0.2) is 4.98 Å². The molecule has 0 saturated carbocycles. The van der Waals surface area contributed by atoms with Gasteiger partial charge in [0.05, 0.1) is 17.8 Å². The molecule has 5 nitrogen and oxygen atoms in total. The summed E-state index contributed by atoms with van der Waals surface area (Å²) >= 11 is 1.69. The van der Waals surface area contributed by atoms with Crippen molar-refractivity contribution >= 4 is 17.2 Å². The zero-order valence-electron chi connectivity index (χ0n) is 14.4. The predicted molar refractivity (Wildman–Crippen MR) is 95.8 cm³/mol. The third kappa shape index (κ3) is 6.68. The molecule has 2 rings (SSSR count). The minimum atomic E-state index is -0.179. The van der Waals surface area contributed by atoms with Gasteiger partial charge in [0.2, 0.25) is 5.88 Å². The van der Waals surface area contributed by atoms with Gasteiger partial charge in [-0.15, -0.1) is 11.3 Å². The zero-order chi connectivity index (χ0) is 17.4. The average molecular weight is 348 g/mol. The summed E-state index contributed by atoms with van der Waals surface area (Å²) in [6, 6.07) is 7.49. The van der Waals surface area contributed by atoms with Crippen LogP contribution in [0.25, 0.3) is 0 Å². The first kappa shape index (κ1) is 18.4. The predicted octanol–water partition coefficient (Wildman–Crippen LogP) is 3.31. The molecular formula is C18H24N2O3S. The van der Waals surface area contributed by atoms with Crippen molar-refractivity contribution in [1.29, 1.82) is 0 Å². The van der Waals surface area contributed by atoms with Gasteiger partial charge in [-0.1, -0.05) is 6.07 Å². The molecule has 24 heavy (non-hydrogen) atoms. The molecule has 2 aromatic heterocycles. The lowest BCUT2D eigenvalue weighted by Crippen LogP contribution is -2.25. The summed E-state index contributed by atoms with van der Waals surface area (Å²) in [5.41, 5.74) is 0.349. The first-order valence-electron chi connectivity index (χ1n) is 7.97. The van der Waals surface area contributed by atoms with Crippen LogP contribution in [0, 0.1) is 0 Å². The Hall–Kier alpha value is -1.92. The minimum Gasteiger partial charge on any atom is -0.475 e. The van der Waals surface area contributed by atoms with Crippen molar-refractivity contribution in [1.82, 2.24) is 10.3 Å². The molecule has 0 fully saturated rings. The van der Waals surface area contributed by atoms with Crippen molar-refractivity contribution in [2.45, 2.75) is 32.8 Å². The summed E-state index contributed by atoms with van der Waals surface area (Å²) in [6.07, 6.45) is 2.37. The third-order valence-corrected chi connectivity index (χ3v) is 4.04. The summed E-state index contributed by atoms with van der Waals surface area (Å²) in [6.45, 7) is 7.53. The van der Waals surface area contributed by atoms with Gasteiger partial charge in [-0.05, 0) is 44.7 Å². The van der Waals surface area contributed by atoms with E-state index in [0.717, 1.165) is 6.42 Å². The van der Waals surface area contributed by atoms with Crippen LogP contribution in [-0.2, 0) is 11.2 Å². The molecule has 0 saturated heterocycles. The van der Waals surface area contributed by atoms with Crippen LogP contribution in [0.2, 0.25) is 0 Å². The summed E-state index contributed by atoms with van der Waals surface area (Å²) in [5, 5.41) is 4.93. The molecule has 0 unspecified atom stereocenters. The Morgan fingerprint density at radius 3 is 2.71 bits per heavy atom. The largest absolute Gasteiger partial charge is 0.475 e. The number of rotatable bonds is 8. The van der Waals surface area contributed by atoms with Crippen LogP contribution in [0.1, 0.15) is 36.0 Å². The fourth-order valence-corrected chi connectivity index (χ4v) is 2.66. The Morgan fingerprint density at radius 1 is 1.25 bits per heavy atom. The van der Waals surface area contributed by atoms with E-state index in [9.17, 15) is 4.79 Å². The zero-order valence-corrected chi connectivity index (χ0v) is 15.2. The molecule has 6 heteroatoms. The van der Waals surface area contributed by atoms with Crippen LogP contribution in [0.5, 0.6) is 5.88 Å². The number of nitrogens with zero attached hydrogens (tertiary/aromatic N) is 1. The van der Waals surface area contributed by atoms with Crippen molar-refractivity contribution in [3.05, 3.63) is 46.3 Å². The molecule has 0 aromatic carbocycles. The topological polar surface area (TPSA) is 60.5 Å². The van der Waals surface area contributed by atoms with E-state index in [-0.39, 0.29) is 11.5 Å². The second-order valence-corrected chi connectivity index (χ2v) is 7.31. The quantitative estimate of drug-likeness (QED) is 0.744. The van der Waals surface area contributed by atoms with Crippen LogP contribution < -0.4 is 10.1 Å². The molecule has 0 bridgehead atoms.